The number of likely N-dealkylation sites (tertiary alicyclic amines) is 1. The number of sulfonamides is 1. The lowest BCUT2D eigenvalue weighted by Crippen LogP contribution is -2.42. The number of aryl methyl sites for hydroxylation is 1. The molecule has 0 radical (unpaired) electrons. The van der Waals surface area contributed by atoms with Gasteiger partial charge in [-0.05, 0) is 49.6 Å². The van der Waals surface area contributed by atoms with E-state index in [1.165, 1.54) is 36.5 Å². The molecule has 0 unspecified atom stereocenters. The molecule has 1 amide bonds. The fourth-order valence-corrected chi connectivity index (χ4v) is 4.50. The summed E-state index contributed by atoms with van der Waals surface area (Å²) in [6, 6.07) is 7.38. The molecule has 1 saturated heterocycles. The van der Waals surface area contributed by atoms with Gasteiger partial charge in [0.05, 0.1) is 36.3 Å². The Morgan fingerprint density at radius 1 is 1.18 bits per heavy atom. The molecule has 10 nitrogen and oxygen atoms in total. The van der Waals surface area contributed by atoms with Crippen LogP contribution in [0.1, 0.15) is 34.5 Å². The van der Waals surface area contributed by atoms with E-state index in [2.05, 4.69) is 4.72 Å². The summed E-state index contributed by atoms with van der Waals surface area (Å²) in [4.78, 5) is 38.0. The zero-order valence-electron chi connectivity index (χ0n) is 18.4. The van der Waals surface area contributed by atoms with Gasteiger partial charge in [0.25, 0.3) is 5.91 Å². The highest BCUT2D eigenvalue weighted by Crippen LogP contribution is 2.20. The van der Waals surface area contributed by atoms with Crippen molar-refractivity contribution in [2.45, 2.75) is 31.2 Å². The summed E-state index contributed by atoms with van der Waals surface area (Å²) < 4.78 is 42.6. The van der Waals surface area contributed by atoms with Crippen molar-refractivity contribution in [1.29, 1.82) is 0 Å². The lowest BCUT2D eigenvalue weighted by atomic mass is 9.97. The number of hydrogen-bond acceptors (Lipinski definition) is 8. The van der Waals surface area contributed by atoms with Gasteiger partial charge in [-0.25, -0.2) is 17.9 Å². The standard InChI is InChI=1S/C22H26N2O8S/c1-15-5-6-18(33(28,29)23-13-17-4-3-11-31-17)12-19(15)22(27)32-14-20(25)24-9-7-16(8-10-24)21(26)30-2/h3-6,11-12,16,23H,7-10,13-14H2,1-2H3. The number of nitrogens with one attached hydrogen (secondary N) is 1. The first-order chi connectivity index (χ1) is 15.7. The molecule has 1 aliphatic rings. The fourth-order valence-electron chi connectivity index (χ4n) is 3.48. The monoisotopic (exact) mass is 478 g/mol. The average molecular weight is 479 g/mol. The summed E-state index contributed by atoms with van der Waals surface area (Å²) in [5.74, 6) is -1.27. The zero-order chi connectivity index (χ0) is 24.0. The molecule has 2 aromatic rings. The van der Waals surface area contributed by atoms with E-state index in [0.717, 1.165) is 0 Å². The molecule has 0 aliphatic carbocycles. The number of ether oxygens (including phenoxy) is 2. The summed E-state index contributed by atoms with van der Waals surface area (Å²) >= 11 is 0. The van der Waals surface area contributed by atoms with E-state index in [1.54, 1.807) is 19.1 Å². The van der Waals surface area contributed by atoms with Crippen molar-refractivity contribution in [3.05, 3.63) is 53.5 Å². The molecule has 0 atom stereocenters. The number of hydrogen-bond donors (Lipinski definition) is 1. The first-order valence-corrected chi connectivity index (χ1v) is 11.8. The van der Waals surface area contributed by atoms with Crippen molar-refractivity contribution in [1.82, 2.24) is 9.62 Å². The maximum atomic E-state index is 12.6. The molecule has 2 heterocycles. The van der Waals surface area contributed by atoms with Gasteiger partial charge in [-0.2, -0.15) is 0 Å². The molecule has 0 saturated carbocycles. The molecule has 1 aliphatic heterocycles. The number of rotatable bonds is 8. The van der Waals surface area contributed by atoms with Gasteiger partial charge < -0.3 is 18.8 Å². The highest BCUT2D eigenvalue weighted by atomic mass is 32.2. The minimum atomic E-state index is -3.90. The molecule has 33 heavy (non-hydrogen) atoms. The van der Waals surface area contributed by atoms with Crippen LogP contribution in [-0.2, 0) is 35.6 Å². The van der Waals surface area contributed by atoms with E-state index in [-0.39, 0.29) is 34.8 Å². The van der Waals surface area contributed by atoms with Gasteiger partial charge in [0, 0.05) is 13.1 Å². The summed E-state index contributed by atoms with van der Waals surface area (Å²) in [6.07, 6.45) is 2.40. The fraction of sp³-hybridized carbons (Fsp3) is 0.409. The van der Waals surface area contributed by atoms with Crippen LogP contribution in [0.2, 0.25) is 0 Å². The lowest BCUT2D eigenvalue weighted by Gasteiger charge is -2.30. The average Bonchev–Trinajstić information content (AvgIpc) is 3.34. The number of nitrogens with zero attached hydrogens (tertiary/aromatic N) is 1. The second-order valence-electron chi connectivity index (χ2n) is 7.63. The summed E-state index contributed by atoms with van der Waals surface area (Å²) in [5.41, 5.74) is 0.560. The van der Waals surface area contributed by atoms with Crippen molar-refractivity contribution < 1.29 is 36.7 Å². The maximum Gasteiger partial charge on any atom is 0.338 e. The molecule has 1 fully saturated rings. The quantitative estimate of drug-likeness (QED) is 0.566. The zero-order valence-corrected chi connectivity index (χ0v) is 19.2. The Hall–Kier alpha value is -3.18. The number of benzene rings is 1. The molecular formula is C22H26N2O8S. The number of carbonyl (C=O) groups excluding carboxylic acids is 3. The number of methoxy groups -OCH3 is 1. The third-order valence-corrected chi connectivity index (χ3v) is 6.86. The number of piperidine rings is 1. The van der Waals surface area contributed by atoms with Crippen LogP contribution < -0.4 is 4.72 Å². The van der Waals surface area contributed by atoms with E-state index >= 15 is 0 Å². The Morgan fingerprint density at radius 2 is 1.91 bits per heavy atom. The predicted octanol–water partition coefficient (Wildman–Crippen LogP) is 1.63. The summed E-state index contributed by atoms with van der Waals surface area (Å²) in [6.45, 7) is 1.86. The molecule has 0 bridgehead atoms. The first-order valence-electron chi connectivity index (χ1n) is 10.4. The van der Waals surface area contributed by atoms with Crippen LogP contribution in [0.5, 0.6) is 0 Å². The van der Waals surface area contributed by atoms with Crippen molar-refractivity contribution in [2.24, 2.45) is 5.92 Å². The molecule has 3 rings (SSSR count). The van der Waals surface area contributed by atoms with Crippen molar-refractivity contribution >= 4 is 27.9 Å². The van der Waals surface area contributed by atoms with Crippen molar-refractivity contribution in [2.75, 3.05) is 26.8 Å². The van der Waals surface area contributed by atoms with Gasteiger partial charge in [0.2, 0.25) is 10.0 Å². The Kier molecular flexibility index (Phi) is 7.88. The maximum absolute atomic E-state index is 12.6. The number of amides is 1. The second-order valence-corrected chi connectivity index (χ2v) is 9.40. The Morgan fingerprint density at radius 3 is 2.55 bits per heavy atom. The summed E-state index contributed by atoms with van der Waals surface area (Å²) in [7, 11) is -2.57. The molecule has 1 aromatic heterocycles. The third kappa shape index (κ3) is 6.20. The highest BCUT2D eigenvalue weighted by molar-refractivity contribution is 7.89. The Labute approximate surface area is 191 Å². The van der Waals surface area contributed by atoms with Gasteiger partial charge >= 0.3 is 11.9 Å². The highest BCUT2D eigenvalue weighted by Gasteiger charge is 2.28. The normalized spacial score (nSPS) is 14.7. The SMILES string of the molecule is COC(=O)C1CCN(C(=O)COC(=O)c2cc(S(=O)(=O)NCc3ccco3)ccc2C)CC1. The topological polar surface area (TPSA) is 132 Å². The minimum Gasteiger partial charge on any atom is -0.469 e. The summed E-state index contributed by atoms with van der Waals surface area (Å²) in [5, 5.41) is 0. The van der Waals surface area contributed by atoms with Gasteiger partial charge in [-0.1, -0.05) is 6.07 Å². The van der Waals surface area contributed by atoms with E-state index in [0.29, 0.717) is 37.3 Å². The van der Waals surface area contributed by atoms with Crippen LogP contribution >= 0.6 is 0 Å². The lowest BCUT2D eigenvalue weighted by molar-refractivity contribution is -0.149. The van der Waals surface area contributed by atoms with Crippen LogP contribution in [0, 0.1) is 12.8 Å². The van der Waals surface area contributed by atoms with Gasteiger partial charge in [-0.15, -0.1) is 0 Å². The smallest absolute Gasteiger partial charge is 0.338 e. The molecular weight excluding hydrogens is 452 g/mol. The predicted molar refractivity (Wildman–Crippen MR) is 116 cm³/mol. The number of esters is 2. The Bertz CT molecular complexity index is 1100. The van der Waals surface area contributed by atoms with Crippen LogP contribution in [0.4, 0.5) is 0 Å². The first kappa shape index (κ1) is 24.5. The van der Waals surface area contributed by atoms with Crippen LogP contribution in [0.3, 0.4) is 0 Å². The van der Waals surface area contributed by atoms with Crippen LogP contribution in [-0.4, -0.2) is 58.0 Å². The largest absolute Gasteiger partial charge is 0.469 e. The van der Waals surface area contributed by atoms with Gasteiger partial charge in [-0.3, -0.25) is 9.59 Å². The third-order valence-electron chi connectivity index (χ3n) is 5.46. The Balaban J connectivity index is 1.58. The number of furan rings is 1. The van der Waals surface area contributed by atoms with E-state index in [9.17, 15) is 22.8 Å². The second kappa shape index (κ2) is 10.6. The van der Waals surface area contributed by atoms with Gasteiger partial charge in [0.15, 0.2) is 6.61 Å². The van der Waals surface area contributed by atoms with E-state index < -0.39 is 22.6 Å². The van der Waals surface area contributed by atoms with E-state index in [1.807, 2.05) is 0 Å². The number of carbonyl (C=O) groups is 3. The van der Waals surface area contributed by atoms with Crippen LogP contribution in [0.15, 0.2) is 45.9 Å². The molecule has 1 aromatic carbocycles. The minimum absolute atomic E-state index is 0.0375. The molecule has 1 N–H and O–H groups in total. The molecule has 178 valence electrons. The van der Waals surface area contributed by atoms with Crippen molar-refractivity contribution in [3.8, 4) is 0 Å². The van der Waals surface area contributed by atoms with Crippen molar-refractivity contribution in [3.63, 3.8) is 0 Å². The molecule has 0 spiro atoms. The van der Waals surface area contributed by atoms with Crippen LogP contribution in [0.25, 0.3) is 0 Å². The molecule has 11 heteroatoms. The van der Waals surface area contributed by atoms with E-state index in [4.69, 9.17) is 13.9 Å². The van der Waals surface area contributed by atoms with Gasteiger partial charge in [0.1, 0.15) is 5.76 Å².